The van der Waals surface area contributed by atoms with Gasteiger partial charge in [0, 0.05) is 17.8 Å². The van der Waals surface area contributed by atoms with Crippen LogP contribution < -0.4 is 14.4 Å². The molecule has 8 nitrogen and oxygen atoms in total. The zero-order valence-corrected chi connectivity index (χ0v) is 19.3. The minimum atomic E-state index is -3.72. The number of hydrogen-bond donors (Lipinski definition) is 1. The molecule has 0 saturated carbocycles. The van der Waals surface area contributed by atoms with Gasteiger partial charge in [-0.25, -0.2) is 8.42 Å². The van der Waals surface area contributed by atoms with Crippen molar-refractivity contribution in [2.24, 2.45) is 0 Å². The summed E-state index contributed by atoms with van der Waals surface area (Å²) >= 11 is 1.10. The van der Waals surface area contributed by atoms with Crippen molar-refractivity contribution in [3.8, 4) is 5.75 Å². The Morgan fingerprint density at radius 3 is 2.61 bits per heavy atom. The predicted octanol–water partition coefficient (Wildman–Crippen LogP) is 4.09. The fourth-order valence-corrected chi connectivity index (χ4v) is 5.95. The Bertz CT molecular complexity index is 1450. The van der Waals surface area contributed by atoms with Crippen LogP contribution in [0.1, 0.15) is 22.3 Å². The molecule has 0 radical (unpaired) electrons. The number of carbonyl (C=O) groups excluding carboxylic acids is 1. The van der Waals surface area contributed by atoms with Crippen molar-refractivity contribution >= 4 is 50.1 Å². The van der Waals surface area contributed by atoms with E-state index in [0.717, 1.165) is 29.2 Å². The van der Waals surface area contributed by atoms with E-state index in [9.17, 15) is 13.2 Å². The number of aromatic nitrogens is 2. The summed E-state index contributed by atoms with van der Waals surface area (Å²) in [5.74, 6) is 0.335. The molecule has 0 atom stereocenters. The summed E-state index contributed by atoms with van der Waals surface area (Å²) in [6.45, 7) is 0.398. The minimum absolute atomic E-state index is 0.209. The molecule has 3 aromatic carbocycles. The molecule has 4 aromatic rings. The molecule has 168 valence electrons. The molecule has 1 aliphatic rings. The second-order valence-electron chi connectivity index (χ2n) is 7.62. The van der Waals surface area contributed by atoms with Gasteiger partial charge in [0.2, 0.25) is 0 Å². The lowest BCUT2D eigenvalue weighted by Crippen LogP contribution is -2.35. The number of ether oxygens (including phenoxy) is 1. The van der Waals surface area contributed by atoms with Gasteiger partial charge in [-0.15, -0.1) is 0 Å². The highest BCUT2D eigenvalue weighted by atomic mass is 32.2. The van der Waals surface area contributed by atoms with Crippen LogP contribution in [0, 0.1) is 0 Å². The number of anilines is 2. The van der Waals surface area contributed by atoms with Gasteiger partial charge in [0.15, 0.2) is 0 Å². The van der Waals surface area contributed by atoms with Crippen LogP contribution in [0.25, 0.3) is 11.0 Å². The van der Waals surface area contributed by atoms with E-state index in [1.807, 2.05) is 6.07 Å². The van der Waals surface area contributed by atoms with E-state index in [4.69, 9.17) is 4.74 Å². The van der Waals surface area contributed by atoms with Crippen LogP contribution >= 0.6 is 11.7 Å². The van der Waals surface area contributed by atoms with Crippen LogP contribution in [0.4, 0.5) is 11.4 Å². The Balaban J connectivity index is 1.40. The summed E-state index contributed by atoms with van der Waals surface area (Å²) in [4.78, 5) is 12.9. The number of nitrogens with zero attached hydrogens (tertiary/aromatic N) is 3. The molecule has 33 heavy (non-hydrogen) atoms. The number of hydrogen-bond acceptors (Lipinski definition) is 7. The van der Waals surface area contributed by atoms with Crippen molar-refractivity contribution in [2.45, 2.75) is 17.7 Å². The van der Waals surface area contributed by atoms with Crippen LogP contribution in [0.2, 0.25) is 0 Å². The van der Waals surface area contributed by atoms with Crippen LogP contribution in [0.3, 0.4) is 0 Å². The Morgan fingerprint density at radius 1 is 1.03 bits per heavy atom. The average Bonchev–Trinajstić information content (AvgIpc) is 3.31. The van der Waals surface area contributed by atoms with Crippen molar-refractivity contribution in [1.29, 1.82) is 0 Å². The third-order valence-corrected chi connectivity index (χ3v) is 7.96. The van der Waals surface area contributed by atoms with Gasteiger partial charge in [0.1, 0.15) is 16.8 Å². The number of rotatable bonds is 5. The molecule has 1 aromatic heterocycles. The number of aryl methyl sites for hydroxylation is 1. The van der Waals surface area contributed by atoms with Crippen LogP contribution in [-0.2, 0) is 16.4 Å². The Hall–Kier alpha value is -3.50. The highest BCUT2D eigenvalue weighted by molar-refractivity contribution is 7.92. The maximum absolute atomic E-state index is 13.3. The van der Waals surface area contributed by atoms with Gasteiger partial charge < -0.3 is 10.1 Å². The molecule has 10 heteroatoms. The summed E-state index contributed by atoms with van der Waals surface area (Å²) in [6.07, 6.45) is 1.41. The van der Waals surface area contributed by atoms with Crippen molar-refractivity contribution in [3.05, 3.63) is 71.8 Å². The molecular weight excluding hydrogens is 460 g/mol. The Kier molecular flexibility index (Phi) is 5.47. The summed E-state index contributed by atoms with van der Waals surface area (Å²) in [6, 6.07) is 16.9. The van der Waals surface area contributed by atoms with Crippen molar-refractivity contribution < 1.29 is 17.9 Å². The fourth-order valence-electron chi connectivity index (χ4n) is 3.89. The second-order valence-corrected chi connectivity index (χ2v) is 10.0. The minimum Gasteiger partial charge on any atom is -0.497 e. The van der Waals surface area contributed by atoms with E-state index in [-0.39, 0.29) is 10.8 Å². The molecule has 5 rings (SSSR count). The first-order chi connectivity index (χ1) is 16.0. The smallest absolute Gasteiger partial charge is 0.264 e. The van der Waals surface area contributed by atoms with Crippen LogP contribution in [0.15, 0.2) is 65.6 Å². The second kappa shape index (κ2) is 8.45. The molecule has 2 heterocycles. The van der Waals surface area contributed by atoms with Crippen molar-refractivity contribution in [3.63, 3.8) is 0 Å². The average molecular weight is 481 g/mol. The molecule has 0 unspecified atom stereocenters. The first kappa shape index (κ1) is 21.4. The number of benzene rings is 3. The van der Waals surface area contributed by atoms with Gasteiger partial charge in [-0.05, 0) is 79.1 Å². The Morgan fingerprint density at radius 2 is 1.82 bits per heavy atom. The highest BCUT2D eigenvalue weighted by Crippen LogP contribution is 2.34. The highest BCUT2D eigenvalue weighted by Gasteiger charge is 2.29. The summed E-state index contributed by atoms with van der Waals surface area (Å²) in [5.41, 5.74) is 4.02. The quantitative estimate of drug-likeness (QED) is 0.462. The zero-order valence-electron chi connectivity index (χ0n) is 17.7. The largest absolute Gasteiger partial charge is 0.497 e. The maximum Gasteiger partial charge on any atom is 0.264 e. The third kappa shape index (κ3) is 4.03. The number of fused-ring (bicyclic) bond motifs is 2. The summed E-state index contributed by atoms with van der Waals surface area (Å²) in [5, 5.41) is 2.90. The topological polar surface area (TPSA) is 101 Å². The molecular formula is C23H20N4O4S2. The van der Waals surface area contributed by atoms with E-state index in [1.54, 1.807) is 54.6 Å². The predicted molar refractivity (Wildman–Crippen MR) is 128 cm³/mol. The van der Waals surface area contributed by atoms with E-state index >= 15 is 0 Å². The van der Waals surface area contributed by atoms with E-state index in [2.05, 4.69) is 14.1 Å². The SMILES string of the molecule is COc1ccc(S(=O)(=O)N2CCCc3cc(NC(=O)c4ccc5nsnc5c4)ccc32)cc1. The molecule has 0 bridgehead atoms. The van der Waals surface area contributed by atoms with Crippen LogP contribution in [0.5, 0.6) is 5.75 Å². The summed E-state index contributed by atoms with van der Waals surface area (Å²) < 4.78 is 41.5. The first-order valence-corrected chi connectivity index (χ1v) is 12.5. The summed E-state index contributed by atoms with van der Waals surface area (Å²) in [7, 11) is -2.18. The van der Waals surface area contributed by atoms with E-state index in [1.165, 1.54) is 11.4 Å². The molecule has 0 fully saturated rings. The van der Waals surface area contributed by atoms with Gasteiger partial charge in [-0.2, -0.15) is 8.75 Å². The number of sulfonamides is 1. The molecule has 1 aliphatic heterocycles. The van der Waals surface area contributed by atoms with Crippen molar-refractivity contribution in [2.75, 3.05) is 23.3 Å². The zero-order chi connectivity index (χ0) is 23.0. The van der Waals surface area contributed by atoms with Gasteiger partial charge in [0.05, 0.1) is 29.4 Å². The number of nitrogens with one attached hydrogen (secondary N) is 1. The molecule has 0 spiro atoms. The van der Waals surface area contributed by atoms with Crippen LogP contribution in [-0.4, -0.2) is 36.7 Å². The lowest BCUT2D eigenvalue weighted by Gasteiger charge is -2.31. The fraction of sp³-hybridized carbons (Fsp3) is 0.174. The lowest BCUT2D eigenvalue weighted by molar-refractivity contribution is 0.102. The van der Waals surface area contributed by atoms with Gasteiger partial charge in [-0.1, -0.05) is 0 Å². The van der Waals surface area contributed by atoms with Gasteiger partial charge >= 0.3 is 0 Å². The number of amides is 1. The van der Waals surface area contributed by atoms with E-state index in [0.29, 0.717) is 41.2 Å². The van der Waals surface area contributed by atoms with Gasteiger partial charge in [-0.3, -0.25) is 9.10 Å². The van der Waals surface area contributed by atoms with E-state index < -0.39 is 10.0 Å². The normalized spacial score (nSPS) is 13.5. The third-order valence-electron chi connectivity index (χ3n) is 5.58. The standard InChI is InChI=1S/C23H20N4O4S2/c1-31-18-6-8-19(9-7-18)33(29,30)27-12-2-3-15-13-17(5-11-22(15)27)24-23(28)16-4-10-20-21(14-16)26-32-25-20/h4-11,13-14H,2-3,12H2,1H3,(H,24,28). The lowest BCUT2D eigenvalue weighted by atomic mass is 10.0. The monoisotopic (exact) mass is 480 g/mol. The molecule has 1 N–H and O–H groups in total. The van der Waals surface area contributed by atoms with Gasteiger partial charge in [0.25, 0.3) is 15.9 Å². The molecule has 0 saturated heterocycles. The first-order valence-electron chi connectivity index (χ1n) is 10.3. The Labute approximate surface area is 195 Å². The number of methoxy groups -OCH3 is 1. The maximum atomic E-state index is 13.3. The number of carbonyl (C=O) groups is 1. The van der Waals surface area contributed by atoms with Crippen molar-refractivity contribution in [1.82, 2.24) is 8.75 Å². The molecule has 0 aliphatic carbocycles. The molecule has 1 amide bonds.